The number of hydrogen-bond donors (Lipinski definition) is 0. The normalized spacial score (nSPS) is 21.8. The first kappa shape index (κ1) is 15.7. The zero-order chi connectivity index (χ0) is 15.0. The lowest BCUT2D eigenvalue weighted by Crippen LogP contribution is -2.48. The Balaban J connectivity index is 1.67. The van der Waals surface area contributed by atoms with Gasteiger partial charge >= 0.3 is 0 Å². The number of aryl methyl sites for hydroxylation is 1. The van der Waals surface area contributed by atoms with Crippen LogP contribution in [0.3, 0.4) is 0 Å². The van der Waals surface area contributed by atoms with Crippen LogP contribution >= 0.6 is 22.9 Å². The fraction of sp³-hybridized carbons (Fsp3) is 0.714. The van der Waals surface area contributed by atoms with Gasteiger partial charge in [0.1, 0.15) is 4.21 Å². The third-order valence-corrected chi connectivity index (χ3v) is 8.27. The number of hydrogen-bond acceptors (Lipinski definition) is 4. The van der Waals surface area contributed by atoms with Gasteiger partial charge in [0.25, 0.3) is 10.0 Å². The Kier molecular flexibility index (Phi) is 4.62. The van der Waals surface area contributed by atoms with Gasteiger partial charge in [0.15, 0.2) is 0 Å². The number of piperazine rings is 1. The topological polar surface area (TPSA) is 40.6 Å². The van der Waals surface area contributed by atoms with Crippen LogP contribution in [0.25, 0.3) is 0 Å². The summed E-state index contributed by atoms with van der Waals surface area (Å²) >= 11 is 7.16. The maximum atomic E-state index is 12.7. The summed E-state index contributed by atoms with van der Waals surface area (Å²) in [5.41, 5.74) is 0.973. The number of nitrogens with zero attached hydrogens (tertiary/aromatic N) is 2. The van der Waals surface area contributed by atoms with E-state index in [0.717, 1.165) is 36.0 Å². The van der Waals surface area contributed by atoms with E-state index in [2.05, 4.69) is 4.90 Å². The zero-order valence-corrected chi connectivity index (χ0v) is 14.6. The summed E-state index contributed by atoms with van der Waals surface area (Å²) in [4.78, 5) is 3.34. The Hall–Kier alpha value is -0.140. The van der Waals surface area contributed by atoms with E-state index in [1.54, 1.807) is 10.4 Å². The minimum Gasteiger partial charge on any atom is -0.300 e. The second kappa shape index (κ2) is 6.16. The molecular formula is C14H21ClN2O2S2. The molecule has 7 heteroatoms. The number of halogens is 1. The average molecular weight is 349 g/mol. The summed E-state index contributed by atoms with van der Waals surface area (Å²) in [6.07, 6.45) is 2.68. The van der Waals surface area contributed by atoms with E-state index in [1.807, 2.05) is 6.92 Å². The molecule has 0 radical (unpaired) electrons. The summed E-state index contributed by atoms with van der Waals surface area (Å²) in [7, 11) is -3.34. The van der Waals surface area contributed by atoms with Crippen molar-refractivity contribution in [2.45, 2.75) is 29.9 Å². The first-order chi connectivity index (χ1) is 10.0. The van der Waals surface area contributed by atoms with Crippen LogP contribution in [0.5, 0.6) is 0 Å². The van der Waals surface area contributed by atoms with E-state index in [9.17, 15) is 8.42 Å². The fourth-order valence-corrected chi connectivity index (χ4v) is 6.08. The van der Waals surface area contributed by atoms with E-state index < -0.39 is 10.0 Å². The van der Waals surface area contributed by atoms with Gasteiger partial charge in [-0.2, -0.15) is 4.31 Å². The smallest absolute Gasteiger partial charge is 0.252 e. The number of rotatable bonds is 5. The van der Waals surface area contributed by atoms with E-state index in [-0.39, 0.29) is 0 Å². The van der Waals surface area contributed by atoms with Crippen LogP contribution in [0.4, 0.5) is 0 Å². The van der Waals surface area contributed by atoms with Crippen LogP contribution in [0, 0.1) is 12.8 Å². The van der Waals surface area contributed by atoms with Gasteiger partial charge in [-0.25, -0.2) is 8.42 Å². The van der Waals surface area contributed by atoms with E-state index >= 15 is 0 Å². The minimum atomic E-state index is -3.34. The van der Waals surface area contributed by atoms with Crippen molar-refractivity contribution in [2.75, 3.05) is 32.7 Å². The van der Waals surface area contributed by atoms with Crippen molar-refractivity contribution in [1.29, 1.82) is 0 Å². The van der Waals surface area contributed by atoms with Gasteiger partial charge in [-0.15, -0.1) is 22.9 Å². The third-order valence-electron chi connectivity index (χ3n) is 4.26. The molecule has 1 aliphatic carbocycles. The molecular weight excluding hydrogens is 328 g/mol. The van der Waals surface area contributed by atoms with Gasteiger partial charge in [0.05, 0.1) is 5.88 Å². The van der Waals surface area contributed by atoms with Crippen molar-refractivity contribution in [3.05, 3.63) is 16.5 Å². The summed E-state index contributed by atoms with van der Waals surface area (Å²) in [6.45, 7) is 5.96. The van der Waals surface area contributed by atoms with Crippen LogP contribution in [0.1, 0.15) is 23.3 Å². The van der Waals surface area contributed by atoms with Crippen molar-refractivity contribution in [2.24, 2.45) is 5.92 Å². The fourth-order valence-electron chi connectivity index (χ4n) is 2.69. The molecule has 0 amide bonds. The second-order valence-corrected chi connectivity index (χ2v) is 9.52. The Bertz CT molecular complexity index is 602. The molecule has 1 aromatic heterocycles. The molecule has 1 saturated carbocycles. The summed E-state index contributed by atoms with van der Waals surface area (Å²) in [6, 6.07) is 1.76. The van der Waals surface area contributed by atoms with Crippen molar-refractivity contribution in [3.8, 4) is 0 Å². The molecule has 0 unspecified atom stereocenters. The SMILES string of the molecule is Cc1cc(S(=O)(=O)N2CCN(CC3CC3)CC2)sc1CCl. The van der Waals surface area contributed by atoms with Gasteiger partial charge in [-0.3, -0.25) is 0 Å². The quantitative estimate of drug-likeness (QED) is 0.768. The lowest BCUT2D eigenvalue weighted by atomic mass is 10.3. The van der Waals surface area contributed by atoms with Crippen LogP contribution < -0.4 is 0 Å². The predicted octanol–water partition coefficient (Wildman–Crippen LogP) is 2.51. The molecule has 0 aromatic carbocycles. The lowest BCUT2D eigenvalue weighted by molar-refractivity contribution is 0.182. The van der Waals surface area contributed by atoms with Gasteiger partial charge < -0.3 is 4.90 Å². The van der Waals surface area contributed by atoms with Gasteiger partial charge in [0.2, 0.25) is 0 Å². The largest absolute Gasteiger partial charge is 0.300 e. The molecule has 0 spiro atoms. The molecule has 2 fully saturated rings. The Morgan fingerprint density at radius 2 is 1.95 bits per heavy atom. The lowest BCUT2D eigenvalue weighted by Gasteiger charge is -2.33. The highest BCUT2D eigenvalue weighted by Crippen LogP contribution is 2.32. The van der Waals surface area contributed by atoms with E-state index in [1.165, 1.54) is 24.2 Å². The molecule has 1 aromatic rings. The van der Waals surface area contributed by atoms with Crippen LogP contribution in [-0.4, -0.2) is 50.3 Å². The van der Waals surface area contributed by atoms with E-state index in [4.69, 9.17) is 11.6 Å². The molecule has 1 saturated heterocycles. The minimum absolute atomic E-state index is 0.376. The van der Waals surface area contributed by atoms with Crippen LogP contribution in [0.2, 0.25) is 0 Å². The van der Waals surface area contributed by atoms with Crippen LogP contribution in [0.15, 0.2) is 10.3 Å². The molecule has 21 heavy (non-hydrogen) atoms. The summed E-state index contributed by atoms with van der Waals surface area (Å²) in [5, 5.41) is 0. The number of thiophene rings is 1. The molecule has 4 nitrogen and oxygen atoms in total. The molecule has 118 valence electrons. The molecule has 0 N–H and O–H groups in total. The third kappa shape index (κ3) is 3.45. The molecule has 3 rings (SSSR count). The molecule has 0 atom stereocenters. The van der Waals surface area contributed by atoms with Crippen LogP contribution in [-0.2, 0) is 15.9 Å². The standard InChI is InChI=1S/C14H21ClN2O2S2/c1-11-8-14(20-13(11)9-15)21(18,19)17-6-4-16(5-7-17)10-12-2-3-12/h8,12H,2-7,9-10H2,1H3. The summed E-state index contributed by atoms with van der Waals surface area (Å²) < 4.78 is 27.4. The van der Waals surface area contributed by atoms with E-state index in [0.29, 0.717) is 23.2 Å². The monoisotopic (exact) mass is 348 g/mol. The second-order valence-electron chi connectivity index (χ2n) is 5.95. The van der Waals surface area contributed by atoms with Gasteiger partial charge in [-0.1, -0.05) is 0 Å². The average Bonchev–Trinajstić information content (AvgIpc) is 3.19. The molecule has 1 aliphatic heterocycles. The Morgan fingerprint density at radius 1 is 1.29 bits per heavy atom. The Morgan fingerprint density at radius 3 is 2.48 bits per heavy atom. The van der Waals surface area contributed by atoms with Crippen molar-refractivity contribution in [3.63, 3.8) is 0 Å². The predicted molar refractivity (Wildman–Crippen MR) is 86.5 cm³/mol. The van der Waals surface area contributed by atoms with Gasteiger partial charge in [-0.05, 0) is 37.3 Å². The van der Waals surface area contributed by atoms with Crippen molar-refractivity contribution < 1.29 is 8.42 Å². The maximum Gasteiger partial charge on any atom is 0.252 e. The van der Waals surface area contributed by atoms with Crippen molar-refractivity contribution >= 4 is 33.0 Å². The van der Waals surface area contributed by atoms with Crippen molar-refractivity contribution in [1.82, 2.24) is 9.21 Å². The highest BCUT2D eigenvalue weighted by molar-refractivity contribution is 7.91. The highest BCUT2D eigenvalue weighted by Gasteiger charge is 2.32. The first-order valence-electron chi connectivity index (χ1n) is 7.38. The first-order valence-corrected chi connectivity index (χ1v) is 10.2. The molecule has 2 heterocycles. The summed E-state index contributed by atoms with van der Waals surface area (Å²) in [5.74, 6) is 1.24. The number of sulfonamides is 1. The molecule has 0 bridgehead atoms. The molecule has 2 aliphatic rings. The zero-order valence-electron chi connectivity index (χ0n) is 12.2. The Labute approximate surface area is 135 Å². The van der Waals surface area contributed by atoms with Gasteiger partial charge in [0, 0.05) is 37.6 Å². The number of alkyl halides is 1. The highest BCUT2D eigenvalue weighted by atomic mass is 35.5. The maximum absolute atomic E-state index is 12.7.